The molecule has 0 aliphatic rings. The van der Waals surface area contributed by atoms with E-state index in [0.717, 1.165) is 5.56 Å². The van der Waals surface area contributed by atoms with Crippen LogP contribution in [0.5, 0.6) is 0 Å². The van der Waals surface area contributed by atoms with E-state index in [1.165, 1.54) is 6.20 Å². The van der Waals surface area contributed by atoms with Crippen LogP contribution in [-0.2, 0) is 10.0 Å². The summed E-state index contributed by atoms with van der Waals surface area (Å²) in [6.07, 6.45) is 1.84. The predicted octanol–water partition coefficient (Wildman–Crippen LogP) is 1.42. The van der Waals surface area contributed by atoms with Crippen LogP contribution < -0.4 is 10.5 Å². The van der Waals surface area contributed by atoms with Crippen LogP contribution in [0.1, 0.15) is 24.9 Å². The quantitative estimate of drug-likeness (QED) is 0.771. The van der Waals surface area contributed by atoms with Crippen molar-refractivity contribution in [2.75, 3.05) is 5.73 Å². The van der Waals surface area contributed by atoms with Crippen LogP contribution in [0.2, 0.25) is 0 Å². The molecule has 1 aromatic heterocycles. The molecular formula is C12H16N4O2S. The third kappa shape index (κ3) is 2.94. The normalized spacial score (nSPS) is 13.3. The van der Waals surface area contributed by atoms with Crippen molar-refractivity contribution in [2.24, 2.45) is 0 Å². The Bertz CT molecular complexity index is 637. The predicted molar refractivity (Wildman–Crippen MR) is 72.8 cm³/mol. The van der Waals surface area contributed by atoms with Gasteiger partial charge in [0.1, 0.15) is 10.7 Å². The summed E-state index contributed by atoms with van der Waals surface area (Å²) in [6.45, 7) is 1.92. The number of H-pyrrole nitrogens is 1. The summed E-state index contributed by atoms with van der Waals surface area (Å²) in [4.78, 5) is -0.0260. The third-order valence-electron chi connectivity index (χ3n) is 2.83. The molecule has 4 N–H and O–H groups in total. The van der Waals surface area contributed by atoms with E-state index in [1.807, 2.05) is 37.3 Å². The number of aromatic nitrogens is 2. The van der Waals surface area contributed by atoms with E-state index in [4.69, 9.17) is 5.73 Å². The van der Waals surface area contributed by atoms with Crippen LogP contribution in [0, 0.1) is 0 Å². The Morgan fingerprint density at radius 1 is 1.37 bits per heavy atom. The molecule has 0 spiro atoms. The number of anilines is 1. The molecule has 7 heteroatoms. The van der Waals surface area contributed by atoms with E-state index in [1.54, 1.807) is 0 Å². The van der Waals surface area contributed by atoms with Crippen molar-refractivity contribution in [3.8, 4) is 0 Å². The average molecular weight is 280 g/mol. The van der Waals surface area contributed by atoms with Gasteiger partial charge in [0.05, 0.1) is 6.20 Å². The van der Waals surface area contributed by atoms with Gasteiger partial charge < -0.3 is 5.73 Å². The number of nitrogens with one attached hydrogen (secondary N) is 2. The Kier molecular flexibility index (Phi) is 3.87. The van der Waals surface area contributed by atoms with Gasteiger partial charge >= 0.3 is 0 Å². The molecule has 1 atom stereocenters. The summed E-state index contributed by atoms with van der Waals surface area (Å²) in [5, 5.41) is 6.04. The highest BCUT2D eigenvalue weighted by Crippen LogP contribution is 2.21. The molecule has 19 heavy (non-hydrogen) atoms. The lowest BCUT2D eigenvalue weighted by atomic mass is 10.1. The minimum Gasteiger partial charge on any atom is -0.383 e. The van der Waals surface area contributed by atoms with Gasteiger partial charge in [0.15, 0.2) is 0 Å². The Morgan fingerprint density at radius 3 is 2.58 bits per heavy atom. The molecule has 1 aromatic carbocycles. The summed E-state index contributed by atoms with van der Waals surface area (Å²) in [5.41, 5.74) is 6.46. The van der Waals surface area contributed by atoms with Gasteiger partial charge in [-0.05, 0) is 12.0 Å². The molecule has 2 rings (SSSR count). The summed E-state index contributed by atoms with van der Waals surface area (Å²) in [6, 6.07) is 9.11. The fourth-order valence-corrected chi connectivity index (χ4v) is 3.15. The second-order valence-corrected chi connectivity index (χ2v) is 5.82. The summed E-state index contributed by atoms with van der Waals surface area (Å²) in [7, 11) is -3.68. The maximum absolute atomic E-state index is 12.2. The lowest BCUT2D eigenvalue weighted by molar-refractivity contribution is 0.550. The lowest BCUT2D eigenvalue weighted by Crippen LogP contribution is -2.28. The molecule has 102 valence electrons. The van der Waals surface area contributed by atoms with E-state index < -0.39 is 10.0 Å². The van der Waals surface area contributed by atoms with Gasteiger partial charge in [-0.25, -0.2) is 13.1 Å². The molecule has 1 heterocycles. The minimum atomic E-state index is -3.68. The van der Waals surface area contributed by atoms with E-state index in [2.05, 4.69) is 14.9 Å². The van der Waals surface area contributed by atoms with E-state index in [9.17, 15) is 8.42 Å². The highest BCUT2D eigenvalue weighted by molar-refractivity contribution is 7.89. The van der Waals surface area contributed by atoms with Crippen molar-refractivity contribution in [2.45, 2.75) is 24.3 Å². The van der Waals surface area contributed by atoms with Crippen molar-refractivity contribution in [1.82, 2.24) is 14.9 Å². The van der Waals surface area contributed by atoms with Gasteiger partial charge in [0.2, 0.25) is 10.0 Å². The van der Waals surface area contributed by atoms with Crippen molar-refractivity contribution >= 4 is 15.8 Å². The zero-order chi connectivity index (χ0) is 13.9. The Morgan fingerprint density at radius 2 is 2.05 bits per heavy atom. The highest BCUT2D eigenvalue weighted by Gasteiger charge is 2.23. The number of nitrogen functional groups attached to an aromatic ring is 1. The van der Waals surface area contributed by atoms with Gasteiger partial charge in [0, 0.05) is 6.04 Å². The SMILES string of the molecule is CCC(NS(=O)(=O)c1cn[nH]c1N)c1ccccc1. The van der Waals surface area contributed by atoms with E-state index in [0.29, 0.717) is 6.42 Å². The first-order chi connectivity index (χ1) is 9.04. The van der Waals surface area contributed by atoms with Crippen LogP contribution in [0.3, 0.4) is 0 Å². The van der Waals surface area contributed by atoms with Gasteiger partial charge in [-0.2, -0.15) is 5.10 Å². The molecule has 0 bridgehead atoms. The van der Waals surface area contributed by atoms with Crippen molar-refractivity contribution in [3.63, 3.8) is 0 Å². The molecular weight excluding hydrogens is 264 g/mol. The zero-order valence-electron chi connectivity index (χ0n) is 10.5. The van der Waals surface area contributed by atoms with Crippen molar-refractivity contribution in [1.29, 1.82) is 0 Å². The summed E-state index contributed by atoms with van der Waals surface area (Å²) >= 11 is 0. The Hall–Kier alpha value is -1.86. The molecule has 0 saturated heterocycles. The van der Waals surface area contributed by atoms with E-state index >= 15 is 0 Å². The number of sulfonamides is 1. The van der Waals surface area contributed by atoms with E-state index in [-0.39, 0.29) is 16.8 Å². The molecule has 0 radical (unpaired) electrons. The Labute approximate surface area is 112 Å². The van der Waals surface area contributed by atoms with Gasteiger partial charge in [0.25, 0.3) is 0 Å². The van der Waals surface area contributed by atoms with Gasteiger partial charge in [-0.1, -0.05) is 37.3 Å². The minimum absolute atomic E-state index is 0.0260. The molecule has 0 aliphatic heterocycles. The smallest absolute Gasteiger partial charge is 0.246 e. The van der Waals surface area contributed by atoms with Crippen LogP contribution >= 0.6 is 0 Å². The van der Waals surface area contributed by atoms with Crippen molar-refractivity contribution in [3.05, 3.63) is 42.1 Å². The highest BCUT2D eigenvalue weighted by atomic mass is 32.2. The summed E-state index contributed by atoms with van der Waals surface area (Å²) in [5.74, 6) is 0.0374. The molecule has 0 amide bonds. The number of rotatable bonds is 5. The molecule has 0 fully saturated rings. The fourth-order valence-electron chi connectivity index (χ4n) is 1.82. The number of nitrogens with zero attached hydrogens (tertiary/aromatic N) is 1. The first-order valence-corrected chi connectivity index (χ1v) is 7.39. The number of hydrogen-bond acceptors (Lipinski definition) is 4. The average Bonchev–Trinajstić information content (AvgIpc) is 2.84. The molecule has 0 saturated carbocycles. The number of nitrogens with two attached hydrogens (primary N) is 1. The van der Waals surface area contributed by atoms with Crippen molar-refractivity contribution < 1.29 is 8.42 Å². The number of aromatic amines is 1. The van der Waals surface area contributed by atoms with Crippen LogP contribution in [0.25, 0.3) is 0 Å². The monoisotopic (exact) mass is 280 g/mol. The van der Waals surface area contributed by atoms with Gasteiger partial charge in [-0.15, -0.1) is 0 Å². The largest absolute Gasteiger partial charge is 0.383 e. The fraction of sp³-hybridized carbons (Fsp3) is 0.250. The molecule has 2 aromatic rings. The lowest BCUT2D eigenvalue weighted by Gasteiger charge is -2.17. The second-order valence-electron chi connectivity index (χ2n) is 4.14. The Balaban J connectivity index is 2.27. The van der Waals surface area contributed by atoms with Crippen LogP contribution in [0.4, 0.5) is 5.82 Å². The first-order valence-electron chi connectivity index (χ1n) is 5.90. The summed E-state index contributed by atoms with van der Waals surface area (Å²) < 4.78 is 27.0. The zero-order valence-corrected chi connectivity index (χ0v) is 11.3. The molecule has 1 unspecified atom stereocenters. The first kappa shape index (κ1) is 13.6. The molecule has 6 nitrogen and oxygen atoms in total. The second kappa shape index (κ2) is 5.41. The van der Waals surface area contributed by atoms with Crippen LogP contribution in [0.15, 0.2) is 41.4 Å². The van der Waals surface area contributed by atoms with Gasteiger partial charge in [-0.3, -0.25) is 5.10 Å². The van der Waals surface area contributed by atoms with Crippen LogP contribution in [-0.4, -0.2) is 18.6 Å². The third-order valence-corrected chi connectivity index (χ3v) is 4.33. The topological polar surface area (TPSA) is 101 Å². The number of benzene rings is 1. The molecule has 0 aliphatic carbocycles. The number of hydrogen-bond donors (Lipinski definition) is 3. The maximum Gasteiger partial charge on any atom is 0.246 e. The maximum atomic E-state index is 12.2. The standard InChI is InChI=1S/C12H16N4O2S/c1-2-10(9-6-4-3-5-7-9)16-19(17,18)11-8-14-15-12(11)13/h3-8,10,16H,2H2,1H3,(H3,13,14,15).